The summed E-state index contributed by atoms with van der Waals surface area (Å²) < 4.78 is 5.31. The van der Waals surface area contributed by atoms with E-state index in [4.69, 9.17) is 9.84 Å². The van der Waals surface area contributed by atoms with Crippen LogP contribution in [0.25, 0.3) is 0 Å². The minimum atomic E-state index is -0.434. The lowest BCUT2D eigenvalue weighted by Gasteiger charge is -2.39. The number of hydrogen-bond acceptors (Lipinski definition) is 4. The molecule has 1 rings (SSSR count). The van der Waals surface area contributed by atoms with Crippen LogP contribution >= 0.6 is 0 Å². The fourth-order valence-electron chi connectivity index (χ4n) is 3.29. The molecule has 1 N–H and O–H groups in total. The molecular formula is C16H28O4. The fraction of sp³-hybridized carbons (Fsp3) is 0.875. The van der Waals surface area contributed by atoms with E-state index in [2.05, 4.69) is 0 Å². The predicted molar refractivity (Wildman–Crippen MR) is 77.2 cm³/mol. The molecule has 1 unspecified atom stereocenters. The van der Waals surface area contributed by atoms with Crippen LogP contribution in [0.3, 0.4) is 0 Å². The van der Waals surface area contributed by atoms with Crippen molar-refractivity contribution in [2.75, 3.05) is 13.2 Å². The van der Waals surface area contributed by atoms with E-state index in [0.29, 0.717) is 32.3 Å². The molecule has 0 aromatic rings. The van der Waals surface area contributed by atoms with Crippen molar-refractivity contribution >= 4 is 11.8 Å². The number of ketones is 1. The maximum absolute atomic E-state index is 12.2. The van der Waals surface area contributed by atoms with Crippen molar-refractivity contribution in [2.45, 2.75) is 59.8 Å². The van der Waals surface area contributed by atoms with E-state index in [0.717, 1.165) is 6.42 Å². The molecule has 0 amide bonds. The predicted octanol–water partition coefficient (Wildman–Crippen LogP) is 2.72. The smallest absolute Gasteiger partial charge is 0.309 e. The van der Waals surface area contributed by atoms with Crippen LogP contribution in [0.5, 0.6) is 0 Å². The average Bonchev–Trinajstić information content (AvgIpc) is 2.65. The van der Waals surface area contributed by atoms with Crippen LogP contribution in [0.15, 0.2) is 0 Å². The number of carbonyl (C=O) groups excluding carboxylic acids is 2. The van der Waals surface area contributed by atoms with Gasteiger partial charge in [0.25, 0.3) is 0 Å². The van der Waals surface area contributed by atoms with Crippen molar-refractivity contribution in [3.8, 4) is 0 Å². The van der Waals surface area contributed by atoms with Gasteiger partial charge >= 0.3 is 5.97 Å². The van der Waals surface area contributed by atoms with Crippen molar-refractivity contribution in [1.82, 2.24) is 0 Å². The third-order valence-electron chi connectivity index (χ3n) is 5.24. The van der Waals surface area contributed by atoms with Crippen molar-refractivity contribution in [1.29, 1.82) is 0 Å². The Bertz CT molecular complexity index is 361. The summed E-state index contributed by atoms with van der Waals surface area (Å²) in [6.45, 7) is 8.35. The van der Waals surface area contributed by atoms with Gasteiger partial charge < -0.3 is 9.84 Å². The van der Waals surface area contributed by atoms with Crippen LogP contribution in [0.2, 0.25) is 0 Å². The topological polar surface area (TPSA) is 63.6 Å². The number of hydrogen-bond donors (Lipinski definition) is 1. The van der Waals surface area contributed by atoms with Crippen LogP contribution in [-0.2, 0) is 14.3 Å². The lowest BCUT2D eigenvalue weighted by molar-refractivity contribution is -0.154. The second kappa shape index (κ2) is 6.70. The third-order valence-corrected chi connectivity index (χ3v) is 5.24. The molecule has 0 heterocycles. The van der Waals surface area contributed by atoms with Crippen molar-refractivity contribution < 1.29 is 19.4 Å². The van der Waals surface area contributed by atoms with Crippen molar-refractivity contribution in [3.05, 3.63) is 0 Å². The zero-order chi connectivity index (χ0) is 15.4. The second-order valence-electron chi connectivity index (χ2n) is 6.52. The van der Waals surface area contributed by atoms with Gasteiger partial charge in [0.1, 0.15) is 5.78 Å². The monoisotopic (exact) mass is 284 g/mol. The highest BCUT2D eigenvalue weighted by Crippen LogP contribution is 2.57. The van der Waals surface area contributed by atoms with Gasteiger partial charge in [-0.3, -0.25) is 9.59 Å². The first-order chi connectivity index (χ1) is 9.31. The summed E-state index contributed by atoms with van der Waals surface area (Å²) in [7, 11) is 0. The summed E-state index contributed by atoms with van der Waals surface area (Å²) in [6, 6.07) is 0. The highest BCUT2D eigenvalue weighted by atomic mass is 16.5. The standard InChI is InChI=1S/C16H28O4/c1-5-13(18)16(4)9-8-12(15(16,2)3)14(19)20-11-7-6-10-17/h12,17H,5-11H2,1-4H3/t12?,16-/m0/s1. The van der Waals surface area contributed by atoms with E-state index in [-0.39, 0.29) is 29.7 Å². The van der Waals surface area contributed by atoms with Gasteiger partial charge in [-0.2, -0.15) is 0 Å². The summed E-state index contributed by atoms with van der Waals surface area (Å²) in [5.74, 6) is -0.171. The molecule has 0 radical (unpaired) electrons. The first-order valence-electron chi connectivity index (χ1n) is 7.62. The molecule has 0 saturated heterocycles. The molecule has 4 heteroatoms. The largest absolute Gasteiger partial charge is 0.465 e. The van der Waals surface area contributed by atoms with Gasteiger partial charge in [-0.05, 0) is 31.1 Å². The van der Waals surface area contributed by atoms with Gasteiger partial charge in [0, 0.05) is 18.4 Å². The van der Waals surface area contributed by atoms with E-state index >= 15 is 0 Å². The molecule has 1 saturated carbocycles. The highest BCUT2D eigenvalue weighted by molar-refractivity contribution is 5.87. The third kappa shape index (κ3) is 3.05. The molecule has 0 aliphatic heterocycles. The van der Waals surface area contributed by atoms with Crippen LogP contribution in [0, 0.1) is 16.7 Å². The molecule has 0 aromatic carbocycles. The maximum Gasteiger partial charge on any atom is 0.309 e. The lowest BCUT2D eigenvalue weighted by Crippen LogP contribution is -2.42. The molecule has 116 valence electrons. The Morgan fingerprint density at radius 1 is 1.25 bits per heavy atom. The number of rotatable bonds is 7. The van der Waals surface area contributed by atoms with Gasteiger partial charge in [0.05, 0.1) is 12.5 Å². The zero-order valence-corrected chi connectivity index (χ0v) is 13.2. The van der Waals surface area contributed by atoms with E-state index in [1.54, 1.807) is 0 Å². The molecular weight excluding hydrogens is 256 g/mol. The molecule has 1 fully saturated rings. The first kappa shape index (κ1) is 17.2. The Morgan fingerprint density at radius 2 is 1.90 bits per heavy atom. The molecule has 20 heavy (non-hydrogen) atoms. The molecule has 4 nitrogen and oxygen atoms in total. The van der Waals surface area contributed by atoms with Crippen molar-refractivity contribution in [2.24, 2.45) is 16.7 Å². The number of unbranched alkanes of at least 4 members (excludes halogenated alkanes) is 1. The fourth-order valence-corrected chi connectivity index (χ4v) is 3.29. The summed E-state index contributed by atoms with van der Waals surface area (Å²) in [5, 5.41) is 8.70. The Kier molecular flexibility index (Phi) is 5.75. The van der Waals surface area contributed by atoms with E-state index in [1.807, 2.05) is 27.7 Å². The molecule has 0 spiro atoms. The summed E-state index contributed by atoms with van der Waals surface area (Å²) in [5.41, 5.74) is -0.801. The maximum atomic E-state index is 12.2. The Morgan fingerprint density at radius 3 is 2.45 bits per heavy atom. The van der Waals surface area contributed by atoms with Crippen LogP contribution in [0.1, 0.15) is 59.8 Å². The Balaban J connectivity index is 2.69. The minimum Gasteiger partial charge on any atom is -0.465 e. The van der Waals surface area contributed by atoms with Gasteiger partial charge in [-0.1, -0.05) is 27.7 Å². The van der Waals surface area contributed by atoms with Gasteiger partial charge in [0.15, 0.2) is 0 Å². The normalized spacial score (nSPS) is 28.4. The van der Waals surface area contributed by atoms with E-state index in [9.17, 15) is 9.59 Å². The number of aliphatic hydroxyl groups is 1. The number of esters is 1. The van der Waals surface area contributed by atoms with E-state index < -0.39 is 5.41 Å². The number of aliphatic hydroxyl groups excluding tert-OH is 1. The zero-order valence-electron chi connectivity index (χ0n) is 13.2. The molecule has 1 aliphatic carbocycles. The summed E-state index contributed by atoms with van der Waals surface area (Å²) in [6.07, 6.45) is 3.31. The lowest BCUT2D eigenvalue weighted by atomic mass is 9.63. The SMILES string of the molecule is CCC(=O)[C@]1(C)CCC(C(=O)OCCCCO)C1(C)C. The number of carbonyl (C=O) groups is 2. The van der Waals surface area contributed by atoms with Gasteiger partial charge in [-0.25, -0.2) is 0 Å². The van der Waals surface area contributed by atoms with E-state index in [1.165, 1.54) is 0 Å². The minimum absolute atomic E-state index is 0.121. The van der Waals surface area contributed by atoms with Gasteiger partial charge in [-0.15, -0.1) is 0 Å². The van der Waals surface area contributed by atoms with Crippen LogP contribution < -0.4 is 0 Å². The molecule has 0 aromatic heterocycles. The highest BCUT2D eigenvalue weighted by Gasteiger charge is 2.57. The molecule has 2 atom stereocenters. The molecule has 1 aliphatic rings. The quantitative estimate of drug-likeness (QED) is 0.577. The number of ether oxygens (including phenoxy) is 1. The second-order valence-corrected chi connectivity index (χ2v) is 6.52. The van der Waals surface area contributed by atoms with Gasteiger partial charge in [0.2, 0.25) is 0 Å². The average molecular weight is 284 g/mol. The first-order valence-corrected chi connectivity index (χ1v) is 7.62. The number of Topliss-reactive ketones (excluding diaryl/α,β-unsaturated/α-hetero) is 1. The molecule has 0 bridgehead atoms. The van der Waals surface area contributed by atoms with Crippen LogP contribution in [-0.4, -0.2) is 30.1 Å². The Labute approximate surface area is 121 Å². The summed E-state index contributed by atoms with van der Waals surface area (Å²) >= 11 is 0. The summed E-state index contributed by atoms with van der Waals surface area (Å²) in [4.78, 5) is 24.5. The van der Waals surface area contributed by atoms with Crippen LogP contribution in [0.4, 0.5) is 0 Å². The Hall–Kier alpha value is -0.900. The van der Waals surface area contributed by atoms with Crippen molar-refractivity contribution in [3.63, 3.8) is 0 Å².